The second-order valence-corrected chi connectivity index (χ2v) is 7.50. The molecule has 0 saturated carbocycles. The van der Waals surface area contributed by atoms with E-state index in [1.54, 1.807) is 37.3 Å². The molecule has 0 bridgehead atoms. The molecule has 2 aliphatic heterocycles. The number of nitrogens with zero attached hydrogens (tertiary/aromatic N) is 2. The molecule has 2 aromatic carbocycles. The van der Waals surface area contributed by atoms with Gasteiger partial charge in [-0.2, -0.15) is 0 Å². The Labute approximate surface area is 171 Å². The Morgan fingerprint density at radius 3 is 2.45 bits per heavy atom. The van der Waals surface area contributed by atoms with Crippen LogP contribution in [-0.2, 0) is 11.2 Å². The number of fused-ring (bicyclic) bond motifs is 1. The number of hydrogen-bond donors (Lipinski definition) is 0. The molecule has 2 heterocycles. The molecule has 6 heteroatoms. The third kappa shape index (κ3) is 3.67. The van der Waals surface area contributed by atoms with Crippen LogP contribution in [0.15, 0.2) is 42.5 Å². The molecule has 6 nitrogen and oxygen atoms in total. The van der Waals surface area contributed by atoms with E-state index in [9.17, 15) is 9.59 Å². The van der Waals surface area contributed by atoms with Crippen LogP contribution in [0.2, 0.25) is 0 Å². The van der Waals surface area contributed by atoms with Gasteiger partial charge in [0, 0.05) is 31.2 Å². The second-order valence-electron chi connectivity index (χ2n) is 7.50. The summed E-state index contributed by atoms with van der Waals surface area (Å²) in [7, 11) is 3.13. The average molecular weight is 394 g/mol. The Morgan fingerprint density at radius 1 is 0.966 bits per heavy atom. The Morgan fingerprint density at radius 2 is 1.72 bits per heavy atom. The van der Waals surface area contributed by atoms with Gasteiger partial charge in [0.2, 0.25) is 5.91 Å². The van der Waals surface area contributed by atoms with E-state index >= 15 is 0 Å². The van der Waals surface area contributed by atoms with Crippen molar-refractivity contribution in [2.75, 3.05) is 38.8 Å². The Balaban J connectivity index is 1.42. The summed E-state index contributed by atoms with van der Waals surface area (Å²) in [5, 5.41) is 0. The van der Waals surface area contributed by atoms with Crippen molar-refractivity contribution >= 4 is 17.5 Å². The van der Waals surface area contributed by atoms with Crippen LogP contribution >= 0.6 is 0 Å². The van der Waals surface area contributed by atoms with Crippen LogP contribution in [0.25, 0.3) is 0 Å². The van der Waals surface area contributed by atoms with E-state index in [1.807, 2.05) is 23.1 Å². The Hall–Kier alpha value is -3.02. The van der Waals surface area contributed by atoms with Crippen molar-refractivity contribution in [2.45, 2.75) is 19.3 Å². The first kappa shape index (κ1) is 19.3. The van der Waals surface area contributed by atoms with Gasteiger partial charge in [0.15, 0.2) is 0 Å². The number of hydrogen-bond acceptors (Lipinski definition) is 4. The van der Waals surface area contributed by atoms with Crippen molar-refractivity contribution in [3.8, 4) is 11.5 Å². The van der Waals surface area contributed by atoms with Crippen LogP contribution in [0.4, 0.5) is 5.69 Å². The van der Waals surface area contributed by atoms with Gasteiger partial charge in [-0.1, -0.05) is 18.2 Å². The van der Waals surface area contributed by atoms with Gasteiger partial charge in [-0.15, -0.1) is 0 Å². The van der Waals surface area contributed by atoms with E-state index in [2.05, 4.69) is 6.07 Å². The minimum absolute atomic E-state index is 0.0441. The zero-order valence-corrected chi connectivity index (χ0v) is 16.9. The number of para-hydroxylation sites is 1. The van der Waals surface area contributed by atoms with Gasteiger partial charge in [0.05, 0.1) is 19.8 Å². The van der Waals surface area contributed by atoms with E-state index in [4.69, 9.17) is 9.47 Å². The van der Waals surface area contributed by atoms with Gasteiger partial charge >= 0.3 is 0 Å². The lowest BCUT2D eigenvalue weighted by Crippen LogP contribution is -2.44. The van der Waals surface area contributed by atoms with Gasteiger partial charge in [-0.05, 0) is 49.1 Å². The number of anilines is 1. The fourth-order valence-electron chi connectivity index (χ4n) is 4.27. The highest BCUT2D eigenvalue weighted by molar-refractivity contribution is 5.99. The first-order valence-corrected chi connectivity index (χ1v) is 10.0. The molecule has 0 N–H and O–H groups in total. The predicted octanol–water partition coefficient (Wildman–Crippen LogP) is 3.15. The first-order valence-electron chi connectivity index (χ1n) is 10.0. The van der Waals surface area contributed by atoms with Crippen molar-refractivity contribution in [3.63, 3.8) is 0 Å². The molecule has 0 aromatic heterocycles. The van der Waals surface area contributed by atoms with Crippen LogP contribution in [0.1, 0.15) is 28.8 Å². The monoisotopic (exact) mass is 394 g/mol. The molecule has 0 atom stereocenters. The molecule has 2 aliphatic rings. The lowest BCUT2D eigenvalue weighted by atomic mass is 9.94. The fourth-order valence-corrected chi connectivity index (χ4v) is 4.27. The highest BCUT2D eigenvalue weighted by atomic mass is 16.5. The number of benzene rings is 2. The van der Waals surface area contributed by atoms with E-state index in [0.29, 0.717) is 43.0 Å². The predicted molar refractivity (Wildman–Crippen MR) is 111 cm³/mol. The average Bonchev–Trinajstić information content (AvgIpc) is 3.22. The van der Waals surface area contributed by atoms with Crippen LogP contribution in [0.5, 0.6) is 11.5 Å². The molecular formula is C23H26N2O4. The van der Waals surface area contributed by atoms with Crippen molar-refractivity contribution in [3.05, 3.63) is 53.6 Å². The summed E-state index contributed by atoms with van der Waals surface area (Å²) >= 11 is 0. The number of methoxy groups -OCH3 is 2. The summed E-state index contributed by atoms with van der Waals surface area (Å²) in [5.41, 5.74) is 2.76. The lowest BCUT2D eigenvalue weighted by Gasteiger charge is -2.33. The minimum Gasteiger partial charge on any atom is -0.497 e. The molecule has 2 aromatic rings. The summed E-state index contributed by atoms with van der Waals surface area (Å²) in [5.74, 6) is 1.20. The summed E-state index contributed by atoms with van der Waals surface area (Å²) in [6, 6.07) is 13.3. The minimum atomic E-state index is -0.0850. The van der Waals surface area contributed by atoms with Gasteiger partial charge in [-0.3, -0.25) is 9.59 Å². The van der Waals surface area contributed by atoms with E-state index < -0.39 is 0 Å². The van der Waals surface area contributed by atoms with Crippen LogP contribution in [-0.4, -0.2) is 50.6 Å². The van der Waals surface area contributed by atoms with Gasteiger partial charge in [0.25, 0.3) is 5.91 Å². The third-order valence-electron chi connectivity index (χ3n) is 5.92. The Bertz CT molecular complexity index is 919. The number of likely N-dealkylation sites (tertiary alicyclic amines) is 1. The van der Waals surface area contributed by atoms with E-state index in [-0.39, 0.29) is 17.7 Å². The molecule has 29 heavy (non-hydrogen) atoms. The third-order valence-corrected chi connectivity index (χ3v) is 5.92. The SMILES string of the molecule is COc1ccc(OC)c(C(=O)N2CCC(C(=O)N3CCc4ccccc43)CC2)c1. The highest BCUT2D eigenvalue weighted by Crippen LogP contribution is 2.32. The van der Waals surface area contributed by atoms with Crippen LogP contribution in [0, 0.1) is 5.92 Å². The maximum Gasteiger partial charge on any atom is 0.257 e. The molecule has 0 unspecified atom stereocenters. The van der Waals surface area contributed by atoms with E-state index in [1.165, 1.54) is 5.56 Å². The van der Waals surface area contributed by atoms with Crippen LogP contribution in [0.3, 0.4) is 0 Å². The van der Waals surface area contributed by atoms with Gasteiger partial charge in [-0.25, -0.2) is 0 Å². The molecule has 2 amide bonds. The van der Waals surface area contributed by atoms with Crippen molar-refractivity contribution in [2.24, 2.45) is 5.92 Å². The highest BCUT2D eigenvalue weighted by Gasteiger charge is 2.34. The summed E-state index contributed by atoms with van der Waals surface area (Å²) < 4.78 is 10.6. The molecule has 4 rings (SSSR count). The normalized spacial score (nSPS) is 16.5. The first-order chi connectivity index (χ1) is 14.1. The molecular weight excluding hydrogens is 368 g/mol. The van der Waals surface area contributed by atoms with Gasteiger partial charge in [0.1, 0.15) is 11.5 Å². The zero-order valence-electron chi connectivity index (χ0n) is 16.9. The quantitative estimate of drug-likeness (QED) is 0.799. The second kappa shape index (κ2) is 8.15. The maximum absolute atomic E-state index is 13.1. The number of amides is 2. The molecule has 152 valence electrons. The molecule has 1 fully saturated rings. The van der Waals surface area contributed by atoms with Crippen molar-refractivity contribution in [1.29, 1.82) is 0 Å². The standard InChI is InChI=1S/C23H26N2O4/c1-28-18-7-8-21(29-2)19(15-18)23(27)24-12-9-17(10-13-24)22(26)25-14-11-16-5-3-4-6-20(16)25/h3-8,15,17H,9-14H2,1-2H3. The number of ether oxygens (including phenoxy) is 2. The molecule has 1 saturated heterocycles. The molecule has 0 aliphatic carbocycles. The number of carbonyl (C=O) groups is 2. The van der Waals surface area contributed by atoms with Gasteiger partial charge < -0.3 is 19.3 Å². The molecule has 0 spiro atoms. The topological polar surface area (TPSA) is 59.1 Å². The fraction of sp³-hybridized carbons (Fsp3) is 0.391. The van der Waals surface area contributed by atoms with Crippen LogP contribution < -0.4 is 14.4 Å². The zero-order chi connectivity index (χ0) is 20.4. The van der Waals surface area contributed by atoms with E-state index in [0.717, 1.165) is 18.7 Å². The summed E-state index contributed by atoms with van der Waals surface area (Å²) in [6.07, 6.45) is 2.26. The van der Waals surface area contributed by atoms with Crippen molar-refractivity contribution in [1.82, 2.24) is 4.90 Å². The number of piperidine rings is 1. The smallest absolute Gasteiger partial charge is 0.257 e. The van der Waals surface area contributed by atoms with Crippen molar-refractivity contribution < 1.29 is 19.1 Å². The number of carbonyl (C=O) groups excluding carboxylic acids is 2. The summed E-state index contributed by atoms with van der Waals surface area (Å²) in [4.78, 5) is 29.8. The lowest BCUT2D eigenvalue weighted by molar-refractivity contribution is -0.123. The number of rotatable bonds is 4. The molecule has 0 radical (unpaired) electrons. The largest absolute Gasteiger partial charge is 0.497 e. The Kier molecular flexibility index (Phi) is 5.43. The summed E-state index contributed by atoms with van der Waals surface area (Å²) in [6.45, 7) is 1.87. The maximum atomic E-state index is 13.1.